The SMILES string of the molecule is COC(=O)[C@]1(C)OC[C@H](CCCCC(NC(=O)c2ccc(CF)cc2)C(C)=O)CO1. The molecule has 1 aliphatic rings. The van der Waals surface area contributed by atoms with Crippen molar-refractivity contribution in [3.63, 3.8) is 0 Å². The van der Waals surface area contributed by atoms with Crippen molar-refractivity contribution in [2.75, 3.05) is 20.3 Å². The van der Waals surface area contributed by atoms with Crippen LogP contribution in [0.15, 0.2) is 24.3 Å². The summed E-state index contributed by atoms with van der Waals surface area (Å²) in [6.45, 7) is 3.20. The molecular formula is C22H30FNO6. The lowest BCUT2D eigenvalue weighted by atomic mass is 9.98. The van der Waals surface area contributed by atoms with Crippen molar-refractivity contribution in [3.8, 4) is 0 Å². The second-order valence-electron chi connectivity index (χ2n) is 7.68. The fourth-order valence-corrected chi connectivity index (χ4v) is 3.26. The van der Waals surface area contributed by atoms with Gasteiger partial charge in [0.05, 0.1) is 26.4 Å². The van der Waals surface area contributed by atoms with Crippen LogP contribution < -0.4 is 5.32 Å². The van der Waals surface area contributed by atoms with Crippen molar-refractivity contribution in [3.05, 3.63) is 35.4 Å². The van der Waals surface area contributed by atoms with E-state index in [4.69, 9.17) is 9.47 Å². The number of halogens is 1. The molecule has 8 heteroatoms. The Labute approximate surface area is 176 Å². The van der Waals surface area contributed by atoms with E-state index in [1.807, 2.05) is 0 Å². The number of carbonyl (C=O) groups is 3. The highest BCUT2D eigenvalue weighted by Gasteiger charge is 2.41. The summed E-state index contributed by atoms with van der Waals surface area (Å²) in [5, 5.41) is 2.76. The predicted molar refractivity (Wildman–Crippen MR) is 107 cm³/mol. The van der Waals surface area contributed by atoms with E-state index in [0.29, 0.717) is 30.8 Å². The highest BCUT2D eigenvalue weighted by molar-refractivity contribution is 5.97. The Morgan fingerprint density at radius 1 is 1.20 bits per heavy atom. The number of alkyl halides is 1. The summed E-state index contributed by atoms with van der Waals surface area (Å²) < 4.78 is 28.3. The molecule has 1 aliphatic heterocycles. The number of nitrogens with one attached hydrogen (secondary N) is 1. The molecule has 7 nitrogen and oxygen atoms in total. The Balaban J connectivity index is 1.74. The Bertz CT molecular complexity index is 728. The molecule has 1 saturated heterocycles. The van der Waals surface area contributed by atoms with Crippen LogP contribution in [-0.2, 0) is 30.5 Å². The molecule has 1 aromatic carbocycles. The first-order valence-electron chi connectivity index (χ1n) is 10.1. The first-order valence-corrected chi connectivity index (χ1v) is 10.1. The number of unbranched alkanes of at least 4 members (excludes halogenated alkanes) is 1. The summed E-state index contributed by atoms with van der Waals surface area (Å²) in [5.41, 5.74) is 0.890. The lowest BCUT2D eigenvalue weighted by Gasteiger charge is -2.35. The van der Waals surface area contributed by atoms with E-state index >= 15 is 0 Å². The molecule has 0 aliphatic carbocycles. The molecule has 2 rings (SSSR count). The van der Waals surface area contributed by atoms with Crippen molar-refractivity contribution in [1.29, 1.82) is 0 Å². The Morgan fingerprint density at radius 3 is 2.37 bits per heavy atom. The predicted octanol–water partition coefficient (Wildman–Crippen LogP) is 2.96. The number of amides is 1. The molecule has 1 amide bonds. The van der Waals surface area contributed by atoms with Crippen LogP contribution >= 0.6 is 0 Å². The summed E-state index contributed by atoms with van der Waals surface area (Å²) in [5.74, 6) is -2.21. The number of methoxy groups -OCH3 is 1. The van der Waals surface area contributed by atoms with Gasteiger partial charge < -0.3 is 19.5 Å². The summed E-state index contributed by atoms with van der Waals surface area (Å²) in [4.78, 5) is 35.9. The third-order valence-corrected chi connectivity index (χ3v) is 5.27. The Hall–Kier alpha value is -2.32. The van der Waals surface area contributed by atoms with Crippen LogP contribution in [0.25, 0.3) is 0 Å². The first kappa shape index (κ1) is 24.0. The van der Waals surface area contributed by atoms with Gasteiger partial charge >= 0.3 is 5.97 Å². The number of benzene rings is 1. The van der Waals surface area contributed by atoms with Crippen LogP contribution in [-0.4, -0.2) is 49.8 Å². The largest absolute Gasteiger partial charge is 0.465 e. The van der Waals surface area contributed by atoms with E-state index in [2.05, 4.69) is 10.1 Å². The van der Waals surface area contributed by atoms with Gasteiger partial charge in [-0.15, -0.1) is 0 Å². The molecule has 1 fully saturated rings. The zero-order valence-electron chi connectivity index (χ0n) is 17.7. The molecule has 1 atom stereocenters. The quantitative estimate of drug-likeness (QED) is 0.460. The molecule has 0 saturated carbocycles. The van der Waals surface area contributed by atoms with Gasteiger partial charge in [-0.3, -0.25) is 9.59 Å². The minimum Gasteiger partial charge on any atom is -0.465 e. The van der Waals surface area contributed by atoms with Gasteiger partial charge in [-0.1, -0.05) is 25.0 Å². The van der Waals surface area contributed by atoms with E-state index in [1.165, 1.54) is 14.0 Å². The standard InChI is InChI=1S/C22H30FNO6/c1-15(25)19(24-20(26)18-10-8-16(12-23)9-11-18)7-5-4-6-17-13-29-22(2,30-14-17)21(27)28-3/h8-11,17,19H,4-7,12-14H2,1-3H3,(H,24,26)/t17-,19?,22+. The second-order valence-corrected chi connectivity index (χ2v) is 7.68. The number of ether oxygens (including phenoxy) is 3. The molecular weight excluding hydrogens is 393 g/mol. The van der Waals surface area contributed by atoms with Crippen molar-refractivity contribution in [1.82, 2.24) is 5.32 Å². The van der Waals surface area contributed by atoms with Crippen LogP contribution in [0.4, 0.5) is 4.39 Å². The number of rotatable bonds is 10. The molecule has 166 valence electrons. The normalized spacial score (nSPS) is 22.2. The first-order chi connectivity index (χ1) is 14.3. The number of esters is 1. The zero-order chi connectivity index (χ0) is 22.1. The lowest BCUT2D eigenvalue weighted by molar-refractivity contribution is -0.272. The molecule has 1 aromatic rings. The molecule has 0 bridgehead atoms. The van der Waals surface area contributed by atoms with Crippen molar-refractivity contribution >= 4 is 17.7 Å². The van der Waals surface area contributed by atoms with Gasteiger partial charge in [0.15, 0.2) is 5.78 Å². The Kier molecular flexibility index (Phi) is 8.92. The minimum absolute atomic E-state index is 0.109. The number of hydrogen-bond donors (Lipinski definition) is 1. The summed E-state index contributed by atoms with van der Waals surface area (Å²) in [7, 11) is 1.29. The smallest absolute Gasteiger partial charge is 0.366 e. The molecule has 0 spiro atoms. The third-order valence-electron chi connectivity index (χ3n) is 5.27. The number of ketones is 1. The van der Waals surface area contributed by atoms with Gasteiger partial charge in [0.1, 0.15) is 6.67 Å². The van der Waals surface area contributed by atoms with Crippen molar-refractivity contribution in [2.24, 2.45) is 5.92 Å². The van der Waals surface area contributed by atoms with Crippen LogP contribution in [0.5, 0.6) is 0 Å². The van der Waals surface area contributed by atoms with E-state index in [-0.39, 0.29) is 17.6 Å². The number of hydrogen-bond acceptors (Lipinski definition) is 6. The maximum Gasteiger partial charge on any atom is 0.366 e. The highest BCUT2D eigenvalue weighted by Crippen LogP contribution is 2.25. The van der Waals surface area contributed by atoms with Gasteiger partial charge in [-0.2, -0.15) is 0 Å². The lowest BCUT2D eigenvalue weighted by Crippen LogP contribution is -2.48. The average molecular weight is 423 g/mol. The van der Waals surface area contributed by atoms with Crippen LogP contribution in [0.1, 0.15) is 55.5 Å². The maximum absolute atomic E-state index is 12.6. The molecule has 1 heterocycles. The summed E-state index contributed by atoms with van der Waals surface area (Å²) in [6, 6.07) is 5.63. The van der Waals surface area contributed by atoms with Crippen molar-refractivity contribution in [2.45, 2.75) is 58.0 Å². The Morgan fingerprint density at radius 2 is 1.83 bits per heavy atom. The van der Waals surface area contributed by atoms with Gasteiger partial charge in [-0.25, -0.2) is 9.18 Å². The molecule has 30 heavy (non-hydrogen) atoms. The van der Waals surface area contributed by atoms with Gasteiger partial charge in [0, 0.05) is 18.4 Å². The zero-order valence-corrected chi connectivity index (χ0v) is 17.7. The van der Waals surface area contributed by atoms with Crippen LogP contribution in [0.2, 0.25) is 0 Å². The minimum atomic E-state index is -1.35. The number of Topliss-reactive ketones (excluding diaryl/α,β-unsaturated/α-hetero) is 1. The average Bonchev–Trinajstić information content (AvgIpc) is 2.76. The van der Waals surface area contributed by atoms with Gasteiger partial charge in [-0.05, 0) is 37.5 Å². The molecule has 0 aromatic heterocycles. The molecule has 1 unspecified atom stereocenters. The molecule has 0 radical (unpaired) electrons. The second kappa shape index (κ2) is 11.2. The fraction of sp³-hybridized carbons (Fsp3) is 0.591. The third kappa shape index (κ3) is 6.60. The fourth-order valence-electron chi connectivity index (χ4n) is 3.26. The van der Waals surface area contributed by atoms with Crippen molar-refractivity contribution < 1.29 is 33.0 Å². The number of carbonyl (C=O) groups excluding carboxylic acids is 3. The van der Waals surface area contributed by atoms with Gasteiger partial charge in [0.2, 0.25) is 0 Å². The summed E-state index contributed by atoms with van der Waals surface area (Å²) in [6.07, 6.45) is 2.92. The molecule has 1 N–H and O–H groups in total. The highest BCUT2D eigenvalue weighted by atomic mass is 19.1. The topological polar surface area (TPSA) is 90.9 Å². The van der Waals surface area contributed by atoms with E-state index < -0.39 is 24.5 Å². The monoisotopic (exact) mass is 423 g/mol. The van der Waals surface area contributed by atoms with E-state index in [9.17, 15) is 18.8 Å². The van der Waals surface area contributed by atoms with Crippen LogP contribution in [0, 0.1) is 5.92 Å². The van der Waals surface area contributed by atoms with E-state index in [1.54, 1.807) is 31.2 Å². The van der Waals surface area contributed by atoms with E-state index in [0.717, 1.165) is 19.3 Å². The maximum atomic E-state index is 12.6. The van der Waals surface area contributed by atoms with Gasteiger partial charge in [0.25, 0.3) is 11.7 Å². The summed E-state index contributed by atoms with van der Waals surface area (Å²) >= 11 is 0. The van der Waals surface area contributed by atoms with Crippen LogP contribution in [0.3, 0.4) is 0 Å².